The van der Waals surface area contributed by atoms with Crippen LogP contribution in [0.25, 0.3) is 0 Å². The Morgan fingerprint density at radius 2 is 2.27 bits per heavy atom. The predicted octanol–water partition coefficient (Wildman–Crippen LogP) is 2.78. The molecule has 5 nitrogen and oxygen atoms in total. The van der Waals surface area contributed by atoms with Crippen molar-refractivity contribution in [2.75, 3.05) is 46.3 Å². The summed E-state index contributed by atoms with van der Waals surface area (Å²) in [5.41, 5.74) is 0. The zero-order valence-electron chi connectivity index (χ0n) is 15.6. The molecular formula is C17H28F3N5S. The van der Waals surface area contributed by atoms with Gasteiger partial charge in [-0.05, 0) is 25.8 Å². The first-order valence-corrected chi connectivity index (χ1v) is 9.78. The molecule has 1 aliphatic rings. The highest BCUT2D eigenvalue weighted by molar-refractivity contribution is 7.11. The Bertz CT molecular complexity index is 587. The van der Waals surface area contributed by atoms with E-state index in [0.29, 0.717) is 13.1 Å². The summed E-state index contributed by atoms with van der Waals surface area (Å²) in [5, 5.41) is 4.44. The van der Waals surface area contributed by atoms with Crippen molar-refractivity contribution in [3.05, 3.63) is 16.1 Å². The lowest BCUT2D eigenvalue weighted by atomic mass is 10.1. The van der Waals surface area contributed by atoms with Crippen LogP contribution < -0.4 is 5.32 Å². The van der Waals surface area contributed by atoms with E-state index in [1.54, 1.807) is 25.3 Å². The maximum atomic E-state index is 12.6. The SMILES string of the molecule is CCN(CC1CCN(C(=NC)NCCc2ncc(C)s2)C1)CC(F)(F)F. The molecule has 1 fully saturated rings. The number of aromatic nitrogens is 1. The number of nitrogens with one attached hydrogen (secondary N) is 1. The second-order valence-corrected chi connectivity index (χ2v) is 7.95. The minimum Gasteiger partial charge on any atom is -0.356 e. The molecule has 2 rings (SSSR count). The Kier molecular flexibility index (Phi) is 7.69. The van der Waals surface area contributed by atoms with Crippen molar-refractivity contribution in [2.24, 2.45) is 10.9 Å². The molecule has 2 heterocycles. The van der Waals surface area contributed by atoms with Crippen LogP contribution in [0.4, 0.5) is 13.2 Å². The first-order chi connectivity index (χ1) is 12.3. The molecule has 1 atom stereocenters. The molecule has 0 radical (unpaired) electrons. The number of halogens is 3. The largest absolute Gasteiger partial charge is 0.401 e. The maximum Gasteiger partial charge on any atom is 0.401 e. The van der Waals surface area contributed by atoms with Crippen LogP contribution in [0, 0.1) is 12.8 Å². The Morgan fingerprint density at radius 3 is 2.85 bits per heavy atom. The summed E-state index contributed by atoms with van der Waals surface area (Å²) in [6, 6.07) is 0. The van der Waals surface area contributed by atoms with E-state index in [1.807, 2.05) is 13.1 Å². The van der Waals surface area contributed by atoms with E-state index in [-0.39, 0.29) is 5.92 Å². The highest BCUT2D eigenvalue weighted by Crippen LogP contribution is 2.21. The first-order valence-electron chi connectivity index (χ1n) is 8.96. The zero-order valence-corrected chi connectivity index (χ0v) is 16.5. The number of aryl methyl sites for hydroxylation is 1. The van der Waals surface area contributed by atoms with E-state index in [4.69, 9.17) is 0 Å². The van der Waals surface area contributed by atoms with Crippen LogP contribution >= 0.6 is 11.3 Å². The van der Waals surface area contributed by atoms with Crippen LogP contribution in [0.15, 0.2) is 11.2 Å². The number of thiazole rings is 1. The van der Waals surface area contributed by atoms with Gasteiger partial charge in [0.1, 0.15) is 0 Å². The number of rotatable bonds is 7. The highest BCUT2D eigenvalue weighted by Gasteiger charge is 2.32. The molecule has 0 amide bonds. The summed E-state index contributed by atoms with van der Waals surface area (Å²) in [5.74, 6) is 1.05. The molecule has 0 aromatic carbocycles. The van der Waals surface area contributed by atoms with Gasteiger partial charge in [-0.2, -0.15) is 13.2 Å². The Morgan fingerprint density at radius 1 is 1.50 bits per heavy atom. The van der Waals surface area contributed by atoms with Gasteiger partial charge >= 0.3 is 6.18 Å². The second kappa shape index (κ2) is 9.55. The van der Waals surface area contributed by atoms with Gasteiger partial charge in [0.05, 0.1) is 11.6 Å². The third-order valence-electron chi connectivity index (χ3n) is 4.45. The molecule has 0 bridgehead atoms. The van der Waals surface area contributed by atoms with Crippen molar-refractivity contribution >= 4 is 17.3 Å². The summed E-state index contributed by atoms with van der Waals surface area (Å²) >= 11 is 1.69. The van der Waals surface area contributed by atoms with Gasteiger partial charge < -0.3 is 10.2 Å². The molecule has 1 N–H and O–H groups in total. The van der Waals surface area contributed by atoms with Gasteiger partial charge in [-0.15, -0.1) is 11.3 Å². The van der Waals surface area contributed by atoms with E-state index in [1.165, 1.54) is 9.78 Å². The molecule has 1 unspecified atom stereocenters. The number of likely N-dealkylation sites (tertiary alicyclic amines) is 1. The molecule has 9 heteroatoms. The Labute approximate surface area is 157 Å². The lowest BCUT2D eigenvalue weighted by Gasteiger charge is -2.26. The van der Waals surface area contributed by atoms with Gasteiger partial charge in [0.15, 0.2) is 5.96 Å². The van der Waals surface area contributed by atoms with E-state index in [2.05, 4.69) is 20.2 Å². The van der Waals surface area contributed by atoms with Crippen LogP contribution in [-0.2, 0) is 6.42 Å². The van der Waals surface area contributed by atoms with E-state index >= 15 is 0 Å². The molecular weight excluding hydrogens is 363 g/mol. The topological polar surface area (TPSA) is 43.8 Å². The van der Waals surface area contributed by atoms with Gasteiger partial charge in [-0.3, -0.25) is 9.89 Å². The summed E-state index contributed by atoms with van der Waals surface area (Å²) < 4.78 is 37.9. The van der Waals surface area contributed by atoms with Gasteiger partial charge in [0.2, 0.25) is 0 Å². The average molecular weight is 392 g/mol. The second-order valence-electron chi connectivity index (χ2n) is 6.63. The number of alkyl halides is 3. The average Bonchev–Trinajstić information content (AvgIpc) is 3.19. The third kappa shape index (κ3) is 6.75. The van der Waals surface area contributed by atoms with Gasteiger partial charge in [-0.25, -0.2) is 4.98 Å². The third-order valence-corrected chi connectivity index (χ3v) is 5.43. The summed E-state index contributed by atoms with van der Waals surface area (Å²) in [6.07, 6.45) is -0.537. The van der Waals surface area contributed by atoms with Gasteiger partial charge in [0.25, 0.3) is 0 Å². The number of hydrogen-bond acceptors (Lipinski definition) is 4. The summed E-state index contributed by atoms with van der Waals surface area (Å²) in [4.78, 5) is 13.5. The van der Waals surface area contributed by atoms with Crippen molar-refractivity contribution in [1.29, 1.82) is 0 Å². The number of guanidine groups is 1. The predicted molar refractivity (Wildman–Crippen MR) is 99.8 cm³/mol. The molecule has 1 aromatic heterocycles. The van der Waals surface area contributed by atoms with E-state index in [9.17, 15) is 13.2 Å². The standard InChI is InChI=1S/C17H28F3N5S/c1-4-24(12-17(18,19)20)10-14-6-8-25(11-14)16(21-3)22-7-5-15-23-9-13(2)26-15/h9,14H,4-8,10-12H2,1-3H3,(H,21,22). The summed E-state index contributed by atoms with van der Waals surface area (Å²) in [7, 11) is 1.74. The zero-order chi connectivity index (χ0) is 19.2. The van der Waals surface area contributed by atoms with E-state index < -0.39 is 12.7 Å². The molecule has 1 aliphatic heterocycles. The van der Waals surface area contributed by atoms with Crippen molar-refractivity contribution in [3.63, 3.8) is 0 Å². The molecule has 0 aliphatic carbocycles. The molecule has 0 spiro atoms. The molecule has 0 saturated carbocycles. The Hall–Kier alpha value is -1.35. The van der Waals surface area contributed by atoms with Crippen molar-refractivity contribution in [2.45, 2.75) is 32.9 Å². The lowest BCUT2D eigenvalue weighted by molar-refractivity contribution is -0.146. The summed E-state index contributed by atoms with van der Waals surface area (Å²) in [6.45, 7) is 6.18. The van der Waals surface area contributed by atoms with Crippen LogP contribution in [0.3, 0.4) is 0 Å². The fraction of sp³-hybridized carbons (Fsp3) is 0.765. The fourth-order valence-electron chi connectivity index (χ4n) is 3.23. The molecule has 148 valence electrons. The van der Waals surface area contributed by atoms with Crippen LogP contribution in [-0.4, -0.2) is 73.2 Å². The van der Waals surface area contributed by atoms with Gasteiger partial charge in [-0.1, -0.05) is 6.92 Å². The molecule has 26 heavy (non-hydrogen) atoms. The number of nitrogens with zero attached hydrogens (tertiary/aromatic N) is 4. The monoisotopic (exact) mass is 391 g/mol. The van der Waals surface area contributed by atoms with Crippen LogP contribution in [0.1, 0.15) is 23.2 Å². The number of hydrogen-bond donors (Lipinski definition) is 1. The quantitative estimate of drug-likeness (QED) is 0.573. The lowest BCUT2D eigenvalue weighted by Crippen LogP contribution is -2.42. The van der Waals surface area contributed by atoms with Gasteiger partial charge in [0, 0.05) is 50.7 Å². The Balaban J connectivity index is 1.77. The maximum absolute atomic E-state index is 12.6. The van der Waals surface area contributed by atoms with Crippen molar-refractivity contribution in [3.8, 4) is 0 Å². The number of aliphatic imine (C=N–C) groups is 1. The molecule has 1 aromatic rings. The van der Waals surface area contributed by atoms with Crippen molar-refractivity contribution < 1.29 is 13.2 Å². The van der Waals surface area contributed by atoms with E-state index in [0.717, 1.165) is 43.4 Å². The normalized spacial score (nSPS) is 18.8. The molecule has 1 saturated heterocycles. The van der Waals surface area contributed by atoms with Crippen LogP contribution in [0.2, 0.25) is 0 Å². The highest BCUT2D eigenvalue weighted by atomic mass is 32.1. The first kappa shape index (κ1) is 21.0. The van der Waals surface area contributed by atoms with Crippen LogP contribution in [0.5, 0.6) is 0 Å². The smallest absolute Gasteiger partial charge is 0.356 e. The minimum absolute atomic E-state index is 0.234. The fourth-order valence-corrected chi connectivity index (χ4v) is 4.02. The van der Waals surface area contributed by atoms with Crippen molar-refractivity contribution in [1.82, 2.24) is 20.1 Å². The minimum atomic E-state index is -4.14.